The molecule has 0 aromatic heterocycles. The summed E-state index contributed by atoms with van der Waals surface area (Å²) in [6, 6.07) is 8.47. The number of nitrogens with zero attached hydrogens (tertiary/aromatic N) is 1. The molecule has 1 saturated heterocycles. The summed E-state index contributed by atoms with van der Waals surface area (Å²) >= 11 is 5.04. The third-order valence-corrected chi connectivity index (χ3v) is 9.13. The van der Waals surface area contributed by atoms with Crippen molar-refractivity contribution in [1.82, 2.24) is 0 Å². The van der Waals surface area contributed by atoms with E-state index in [0.717, 1.165) is 10.5 Å². The van der Waals surface area contributed by atoms with Gasteiger partial charge in [0.1, 0.15) is 0 Å². The van der Waals surface area contributed by atoms with Crippen LogP contribution in [0.4, 0.5) is 5.69 Å². The summed E-state index contributed by atoms with van der Waals surface area (Å²) in [5.74, 6) is 1.27. The third-order valence-electron chi connectivity index (χ3n) is 2.09. The van der Waals surface area contributed by atoms with Gasteiger partial charge in [0.15, 0.2) is 0 Å². The van der Waals surface area contributed by atoms with Gasteiger partial charge in [0.2, 0.25) is 0 Å². The van der Waals surface area contributed by atoms with Crippen LogP contribution in [-0.4, -0.2) is 29.1 Å². The Morgan fingerprint density at radius 2 is 2.20 bits per heavy atom. The molecule has 0 spiro atoms. The number of hydrogen-bond donors (Lipinski definition) is 0. The van der Waals surface area contributed by atoms with E-state index in [2.05, 4.69) is 53.8 Å². The normalized spacial score (nSPS) is 23.6. The van der Waals surface area contributed by atoms with Crippen molar-refractivity contribution in [3.63, 3.8) is 0 Å². The molecule has 1 fully saturated rings. The molecule has 2 rings (SSSR count). The van der Waals surface area contributed by atoms with E-state index in [1.165, 1.54) is 19.7 Å². The second kappa shape index (κ2) is 5.71. The van der Waals surface area contributed by atoms with Crippen LogP contribution in [0.15, 0.2) is 29.3 Å². The zero-order chi connectivity index (χ0) is 10.7. The average molecular weight is 396 g/mol. The number of rotatable bonds is 2. The Morgan fingerprint density at radius 3 is 2.80 bits per heavy atom. The number of thioether (sulfide) groups is 1. The molecule has 15 heavy (non-hydrogen) atoms. The van der Waals surface area contributed by atoms with E-state index in [1.807, 2.05) is 11.8 Å². The van der Waals surface area contributed by atoms with Gasteiger partial charge in [0, 0.05) is 0 Å². The predicted molar refractivity (Wildman–Crippen MR) is 79.1 cm³/mol. The summed E-state index contributed by atoms with van der Waals surface area (Å²) in [5.41, 5.74) is 2.41. The summed E-state index contributed by atoms with van der Waals surface area (Å²) in [7, 11) is 0. The maximum atomic E-state index is 4.70. The van der Waals surface area contributed by atoms with Gasteiger partial charge in [0.05, 0.1) is 0 Å². The van der Waals surface area contributed by atoms with Crippen molar-refractivity contribution in [3.8, 4) is 0 Å². The van der Waals surface area contributed by atoms with Crippen molar-refractivity contribution in [3.05, 3.63) is 29.8 Å². The van der Waals surface area contributed by atoms with Crippen molar-refractivity contribution in [2.24, 2.45) is 4.99 Å². The Hall–Kier alpha value is 0.489. The van der Waals surface area contributed by atoms with E-state index < -0.39 is 0 Å². The van der Waals surface area contributed by atoms with Crippen LogP contribution in [0, 0.1) is 6.92 Å². The molecule has 1 unspecified atom stereocenters. The molecule has 0 N–H and O–H groups in total. The summed E-state index contributed by atoms with van der Waals surface area (Å²) < 4.78 is 2.64. The minimum absolute atomic E-state index is 0.608. The average Bonchev–Trinajstić information content (AvgIpc) is 2.69. The molecule has 1 aliphatic rings. The number of benzene rings is 1. The van der Waals surface area contributed by atoms with E-state index in [9.17, 15) is 0 Å². The van der Waals surface area contributed by atoms with Gasteiger partial charge in [-0.3, -0.25) is 0 Å². The third kappa shape index (κ3) is 3.48. The molecule has 0 aliphatic carbocycles. The molecule has 0 radical (unpaired) electrons. The van der Waals surface area contributed by atoms with E-state index in [-0.39, 0.29) is 0 Å². The number of aliphatic imine (C=N–C) groups is 1. The van der Waals surface area contributed by atoms with Crippen LogP contribution in [0.3, 0.4) is 0 Å². The van der Waals surface area contributed by atoms with E-state index in [0.29, 0.717) is 15.0 Å². The monoisotopic (exact) mass is 397 g/mol. The first-order chi connectivity index (χ1) is 7.28. The minimum atomic E-state index is 0.608. The fraction of sp³-hybridized carbons (Fsp3) is 0.364. The Bertz CT molecular complexity index is 363. The molecule has 1 aromatic carbocycles. The SMILES string of the molecule is Cc1ccc(N=C2SCC(CI)[Se]2)cc1. The van der Waals surface area contributed by atoms with E-state index in [4.69, 9.17) is 4.99 Å². The van der Waals surface area contributed by atoms with Crippen LogP contribution < -0.4 is 0 Å². The number of hydrogen-bond acceptors (Lipinski definition) is 2. The fourth-order valence-corrected chi connectivity index (χ4v) is 7.14. The molecule has 1 aromatic rings. The van der Waals surface area contributed by atoms with Gasteiger partial charge < -0.3 is 0 Å². The molecule has 1 nitrogen and oxygen atoms in total. The zero-order valence-corrected chi connectivity index (χ0v) is 13.1. The second-order valence-electron chi connectivity index (χ2n) is 3.42. The molecule has 4 heteroatoms. The van der Waals surface area contributed by atoms with Crippen molar-refractivity contribution in [2.45, 2.75) is 11.7 Å². The van der Waals surface area contributed by atoms with Crippen molar-refractivity contribution in [2.75, 3.05) is 10.2 Å². The topological polar surface area (TPSA) is 12.4 Å². The van der Waals surface area contributed by atoms with Crippen molar-refractivity contribution < 1.29 is 0 Å². The Kier molecular flexibility index (Phi) is 4.55. The standard InChI is InChI=1S/C11H12INSSe/c1-8-2-4-9(5-3-8)13-11-14-7-10(6-12)15-11/h2-5,10H,6-7H2,1H3. The van der Waals surface area contributed by atoms with Gasteiger partial charge in [-0.1, -0.05) is 0 Å². The van der Waals surface area contributed by atoms with Crippen LogP contribution in [-0.2, 0) is 0 Å². The van der Waals surface area contributed by atoms with Crippen LogP contribution >= 0.6 is 34.4 Å². The van der Waals surface area contributed by atoms with Gasteiger partial charge >= 0.3 is 116 Å². The Balaban J connectivity index is 2.07. The molecule has 0 bridgehead atoms. The van der Waals surface area contributed by atoms with Gasteiger partial charge in [-0.25, -0.2) is 0 Å². The molecule has 1 heterocycles. The van der Waals surface area contributed by atoms with Gasteiger partial charge in [-0.05, 0) is 0 Å². The first kappa shape index (κ1) is 12.0. The van der Waals surface area contributed by atoms with E-state index >= 15 is 0 Å². The van der Waals surface area contributed by atoms with Crippen LogP contribution in [0.5, 0.6) is 0 Å². The summed E-state index contributed by atoms with van der Waals surface area (Å²) in [6.45, 7) is 2.11. The van der Waals surface area contributed by atoms with Crippen molar-refractivity contribution in [1.29, 1.82) is 0 Å². The number of aryl methyl sites for hydroxylation is 1. The maximum absolute atomic E-state index is 4.70. The molecular weight excluding hydrogens is 384 g/mol. The van der Waals surface area contributed by atoms with Gasteiger partial charge in [-0.15, -0.1) is 0 Å². The molecule has 0 amide bonds. The van der Waals surface area contributed by atoms with Crippen LogP contribution in [0.25, 0.3) is 0 Å². The van der Waals surface area contributed by atoms with E-state index in [1.54, 1.807) is 0 Å². The Morgan fingerprint density at radius 1 is 1.47 bits per heavy atom. The number of alkyl halides is 1. The molecule has 0 saturated carbocycles. The second-order valence-corrected chi connectivity index (χ2v) is 8.60. The summed E-state index contributed by atoms with van der Waals surface area (Å²) in [4.78, 5) is 5.60. The zero-order valence-electron chi connectivity index (χ0n) is 8.44. The van der Waals surface area contributed by atoms with Gasteiger partial charge in [0.25, 0.3) is 0 Å². The Labute approximate surface area is 115 Å². The molecule has 1 atom stereocenters. The first-order valence-electron chi connectivity index (χ1n) is 4.78. The van der Waals surface area contributed by atoms with Crippen LogP contribution in [0.2, 0.25) is 4.82 Å². The molecule has 80 valence electrons. The van der Waals surface area contributed by atoms with Crippen molar-refractivity contribution >= 4 is 58.9 Å². The quantitative estimate of drug-likeness (QED) is 0.423. The van der Waals surface area contributed by atoms with Gasteiger partial charge in [-0.2, -0.15) is 0 Å². The summed E-state index contributed by atoms with van der Waals surface area (Å²) in [5, 5.41) is 0. The molecular formula is C11H12INSSe. The fourth-order valence-electron chi connectivity index (χ4n) is 1.23. The van der Waals surface area contributed by atoms with Crippen LogP contribution in [0.1, 0.15) is 5.56 Å². The first-order valence-corrected chi connectivity index (χ1v) is 9.14. The predicted octanol–water partition coefficient (Wildman–Crippen LogP) is 3.66. The number of halogens is 1. The molecule has 1 aliphatic heterocycles. The summed E-state index contributed by atoms with van der Waals surface area (Å²) in [6.07, 6.45) is 0.